The second-order valence-corrected chi connectivity index (χ2v) is 6.35. The van der Waals surface area contributed by atoms with E-state index in [0.29, 0.717) is 20.8 Å². The van der Waals surface area contributed by atoms with E-state index in [1.54, 1.807) is 43.3 Å². The predicted molar refractivity (Wildman–Crippen MR) is 89.8 cm³/mol. The number of rotatable bonds is 3. The predicted octanol–water partition coefficient (Wildman–Crippen LogP) is 3.53. The third kappa shape index (κ3) is 4.56. The molecule has 1 aromatic carbocycles. The zero-order valence-corrected chi connectivity index (χ0v) is 13.7. The number of hydrogen-bond acceptors (Lipinski definition) is 4. The van der Waals surface area contributed by atoms with Crippen LogP contribution in [0.1, 0.15) is 11.8 Å². The zero-order valence-electron chi connectivity index (χ0n) is 11.4. The van der Waals surface area contributed by atoms with E-state index in [1.165, 1.54) is 11.3 Å². The summed E-state index contributed by atoms with van der Waals surface area (Å²) in [6.45, 7) is 1.71. The average molecular weight is 356 g/mol. The van der Waals surface area contributed by atoms with Gasteiger partial charge in [0.1, 0.15) is 0 Å². The molecule has 2 N–H and O–H groups in total. The van der Waals surface area contributed by atoms with Gasteiger partial charge in [0.05, 0.1) is 14.9 Å². The first-order chi connectivity index (χ1) is 10.5. The summed E-state index contributed by atoms with van der Waals surface area (Å²) in [5, 5.41) is 6.85. The summed E-state index contributed by atoms with van der Waals surface area (Å²) in [6, 6.07) is 9.92. The molecule has 2 rings (SSSR count). The van der Waals surface area contributed by atoms with Crippen molar-refractivity contribution in [2.45, 2.75) is 6.92 Å². The molecule has 8 heteroatoms. The van der Waals surface area contributed by atoms with Gasteiger partial charge in [-0.05, 0) is 43.3 Å². The van der Waals surface area contributed by atoms with Crippen LogP contribution in [0.5, 0.6) is 0 Å². The molecule has 0 saturated carbocycles. The molecular formula is C14H11Cl2N3O2S. The number of nitrogens with zero attached hydrogens (tertiary/aromatic N) is 1. The van der Waals surface area contributed by atoms with Gasteiger partial charge in [-0.1, -0.05) is 23.2 Å². The second kappa shape index (κ2) is 7.40. The monoisotopic (exact) mass is 355 g/mol. The van der Waals surface area contributed by atoms with Crippen LogP contribution in [-0.2, 0) is 9.59 Å². The van der Waals surface area contributed by atoms with Crippen LogP contribution in [0, 0.1) is 0 Å². The molecule has 0 aliphatic carbocycles. The number of hydrazone groups is 1. The van der Waals surface area contributed by atoms with Gasteiger partial charge in [0.2, 0.25) is 0 Å². The molecule has 0 saturated heterocycles. The number of halogens is 2. The molecule has 0 fully saturated rings. The number of thiophene rings is 1. The SMILES string of the molecule is C/C(=N\NC(=O)C(=O)Nc1ccc(Cl)cc1)c1ccc(Cl)s1. The lowest BCUT2D eigenvalue weighted by molar-refractivity contribution is -0.136. The summed E-state index contributed by atoms with van der Waals surface area (Å²) in [5.41, 5.74) is 3.22. The van der Waals surface area contributed by atoms with E-state index in [2.05, 4.69) is 15.8 Å². The molecule has 114 valence electrons. The largest absolute Gasteiger partial charge is 0.329 e. The summed E-state index contributed by atoms with van der Waals surface area (Å²) in [4.78, 5) is 24.2. The van der Waals surface area contributed by atoms with E-state index in [0.717, 1.165) is 4.88 Å². The van der Waals surface area contributed by atoms with Gasteiger partial charge in [0, 0.05) is 10.7 Å². The fourth-order valence-electron chi connectivity index (χ4n) is 1.47. The van der Waals surface area contributed by atoms with Crippen molar-refractivity contribution in [3.63, 3.8) is 0 Å². The molecule has 0 spiro atoms. The maximum absolute atomic E-state index is 11.7. The maximum atomic E-state index is 11.7. The molecule has 0 aliphatic rings. The van der Waals surface area contributed by atoms with Crippen LogP contribution in [0.3, 0.4) is 0 Å². The summed E-state index contributed by atoms with van der Waals surface area (Å²) >= 11 is 12.9. The fraction of sp³-hybridized carbons (Fsp3) is 0.0714. The lowest BCUT2D eigenvalue weighted by Gasteiger charge is -2.04. The number of amides is 2. The van der Waals surface area contributed by atoms with Gasteiger partial charge in [-0.25, -0.2) is 5.43 Å². The normalized spacial score (nSPS) is 11.1. The molecular weight excluding hydrogens is 345 g/mol. The molecule has 1 heterocycles. The third-order valence-electron chi connectivity index (χ3n) is 2.56. The van der Waals surface area contributed by atoms with Crippen LogP contribution in [0.25, 0.3) is 0 Å². The van der Waals surface area contributed by atoms with Gasteiger partial charge in [-0.2, -0.15) is 5.10 Å². The van der Waals surface area contributed by atoms with Crippen molar-refractivity contribution in [2.75, 3.05) is 5.32 Å². The molecule has 2 amide bonds. The van der Waals surface area contributed by atoms with Gasteiger partial charge < -0.3 is 5.32 Å². The topological polar surface area (TPSA) is 70.6 Å². The number of anilines is 1. The Kier molecular flexibility index (Phi) is 5.54. The van der Waals surface area contributed by atoms with Crippen molar-refractivity contribution >= 4 is 57.8 Å². The van der Waals surface area contributed by atoms with Crippen molar-refractivity contribution in [2.24, 2.45) is 5.10 Å². The minimum absolute atomic E-state index is 0.468. The van der Waals surface area contributed by atoms with Crippen molar-refractivity contribution in [1.29, 1.82) is 0 Å². The molecule has 5 nitrogen and oxygen atoms in total. The Morgan fingerprint density at radius 3 is 2.32 bits per heavy atom. The first kappa shape index (κ1) is 16.5. The summed E-state index contributed by atoms with van der Waals surface area (Å²) in [7, 11) is 0. The maximum Gasteiger partial charge on any atom is 0.329 e. The van der Waals surface area contributed by atoms with E-state index in [9.17, 15) is 9.59 Å². The Bertz CT molecular complexity index is 726. The molecule has 0 radical (unpaired) electrons. The van der Waals surface area contributed by atoms with Crippen molar-refractivity contribution in [3.05, 3.63) is 50.6 Å². The standard InChI is InChI=1S/C14H11Cl2N3O2S/c1-8(11-6-7-12(16)22-11)18-19-14(21)13(20)17-10-4-2-9(15)3-5-10/h2-7H,1H3,(H,17,20)(H,19,21)/b18-8+. The lowest BCUT2D eigenvalue weighted by atomic mass is 10.3. The average Bonchev–Trinajstić information content (AvgIpc) is 2.93. The van der Waals surface area contributed by atoms with Gasteiger partial charge >= 0.3 is 11.8 Å². The first-order valence-electron chi connectivity index (χ1n) is 6.12. The minimum atomic E-state index is -0.864. The Balaban J connectivity index is 1.94. The van der Waals surface area contributed by atoms with Crippen LogP contribution >= 0.6 is 34.5 Å². The van der Waals surface area contributed by atoms with Gasteiger partial charge in [-0.15, -0.1) is 11.3 Å². The molecule has 0 unspecified atom stereocenters. The number of carbonyl (C=O) groups excluding carboxylic acids is 2. The Hall–Kier alpha value is -1.89. The highest BCUT2D eigenvalue weighted by molar-refractivity contribution is 7.18. The minimum Gasteiger partial charge on any atom is -0.318 e. The van der Waals surface area contributed by atoms with E-state index >= 15 is 0 Å². The molecule has 2 aromatic rings. The van der Waals surface area contributed by atoms with Crippen molar-refractivity contribution < 1.29 is 9.59 Å². The molecule has 0 atom stereocenters. The zero-order chi connectivity index (χ0) is 16.1. The van der Waals surface area contributed by atoms with Gasteiger partial charge in [-0.3, -0.25) is 9.59 Å². The Morgan fingerprint density at radius 2 is 1.73 bits per heavy atom. The van der Waals surface area contributed by atoms with Crippen molar-refractivity contribution in [3.8, 4) is 0 Å². The van der Waals surface area contributed by atoms with Crippen molar-refractivity contribution in [1.82, 2.24) is 5.43 Å². The van der Waals surface area contributed by atoms with E-state index in [-0.39, 0.29) is 0 Å². The third-order valence-corrected chi connectivity index (χ3v) is 4.16. The molecule has 22 heavy (non-hydrogen) atoms. The number of carbonyl (C=O) groups is 2. The first-order valence-corrected chi connectivity index (χ1v) is 7.70. The Morgan fingerprint density at radius 1 is 1.05 bits per heavy atom. The van der Waals surface area contributed by atoms with Crippen LogP contribution in [0.4, 0.5) is 5.69 Å². The molecule has 0 bridgehead atoms. The molecule has 1 aromatic heterocycles. The van der Waals surface area contributed by atoms with Gasteiger partial charge in [0.25, 0.3) is 0 Å². The van der Waals surface area contributed by atoms with Crippen LogP contribution in [-0.4, -0.2) is 17.5 Å². The van der Waals surface area contributed by atoms with Gasteiger partial charge in [0.15, 0.2) is 0 Å². The smallest absolute Gasteiger partial charge is 0.318 e. The lowest BCUT2D eigenvalue weighted by Crippen LogP contribution is -2.32. The molecule has 0 aliphatic heterocycles. The Labute approximate surface area is 140 Å². The highest BCUT2D eigenvalue weighted by Crippen LogP contribution is 2.21. The van der Waals surface area contributed by atoms with E-state index < -0.39 is 11.8 Å². The summed E-state index contributed by atoms with van der Waals surface area (Å²) in [5.74, 6) is -1.68. The van der Waals surface area contributed by atoms with E-state index in [4.69, 9.17) is 23.2 Å². The fourth-order valence-corrected chi connectivity index (χ4v) is 2.58. The highest BCUT2D eigenvalue weighted by Gasteiger charge is 2.13. The summed E-state index contributed by atoms with van der Waals surface area (Å²) < 4.78 is 0.622. The van der Waals surface area contributed by atoms with E-state index in [1.807, 2.05) is 0 Å². The number of hydrogen-bond donors (Lipinski definition) is 2. The van der Waals surface area contributed by atoms with Crippen LogP contribution < -0.4 is 10.7 Å². The van der Waals surface area contributed by atoms with Crippen LogP contribution in [0.2, 0.25) is 9.36 Å². The quantitative estimate of drug-likeness (QED) is 0.502. The summed E-state index contributed by atoms with van der Waals surface area (Å²) in [6.07, 6.45) is 0. The second-order valence-electron chi connectivity index (χ2n) is 4.20. The van der Waals surface area contributed by atoms with Crippen LogP contribution in [0.15, 0.2) is 41.5 Å². The highest BCUT2D eigenvalue weighted by atomic mass is 35.5. The number of nitrogens with one attached hydrogen (secondary N) is 2. The number of benzene rings is 1.